The second-order valence-corrected chi connectivity index (χ2v) is 7.91. The molecule has 1 amide bonds. The molecule has 2 aromatic carbocycles. The van der Waals surface area contributed by atoms with E-state index in [4.69, 9.17) is 4.74 Å². The van der Waals surface area contributed by atoms with E-state index >= 15 is 0 Å². The summed E-state index contributed by atoms with van der Waals surface area (Å²) in [5, 5.41) is 11.1. The third kappa shape index (κ3) is 3.75. The maximum Gasteiger partial charge on any atom is 0.301 e. The number of carbonyl (C=O) groups is 2. The molecule has 0 bridgehead atoms. The van der Waals surface area contributed by atoms with Gasteiger partial charge in [0, 0.05) is 11.8 Å². The van der Waals surface area contributed by atoms with Gasteiger partial charge in [-0.25, -0.2) is 4.98 Å². The molecule has 1 atom stereocenters. The number of aromatic nitrogens is 1. The largest absolute Gasteiger partial charge is 0.507 e. The number of nitrogens with zero attached hydrogens (tertiary/aromatic N) is 2. The number of pyridine rings is 1. The Morgan fingerprint density at radius 2 is 1.69 bits per heavy atom. The van der Waals surface area contributed by atoms with Crippen LogP contribution in [0.1, 0.15) is 42.5 Å². The van der Waals surface area contributed by atoms with Crippen LogP contribution in [0.25, 0.3) is 5.76 Å². The van der Waals surface area contributed by atoms with Gasteiger partial charge in [0.15, 0.2) is 0 Å². The molecule has 2 heterocycles. The second kappa shape index (κ2) is 8.67. The highest BCUT2D eigenvalue weighted by atomic mass is 16.5. The molecule has 1 aromatic heterocycles. The van der Waals surface area contributed by atoms with Gasteiger partial charge in [-0.05, 0) is 53.4 Å². The highest BCUT2D eigenvalue weighted by Gasteiger charge is 2.47. The van der Waals surface area contributed by atoms with Crippen molar-refractivity contribution in [3.63, 3.8) is 0 Å². The van der Waals surface area contributed by atoms with E-state index in [2.05, 4.69) is 18.8 Å². The summed E-state index contributed by atoms with van der Waals surface area (Å²) in [4.78, 5) is 31.8. The Labute approximate surface area is 186 Å². The van der Waals surface area contributed by atoms with Crippen molar-refractivity contribution in [3.05, 3.63) is 95.2 Å². The minimum atomic E-state index is -0.798. The summed E-state index contributed by atoms with van der Waals surface area (Å²) in [6, 6.07) is 18.8. The fourth-order valence-corrected chi connectivity index (χ4v) is 3.85. The number of amides is 1. The highest BCUT2D eigenvalue weighted by molar-refractivity contribution is 6.51. The summed E-state index contributed by atoms with van der Waals surface area (Å²) < 4.78 is 5.17. The van der Waals surface area contributed by atoms with E-state index in [0.29, 0.717) is 28.6 Å². The van der Waals surface area contributed by atoms with Gasteiger partial charge in [-0.3, -0.25) is 14.5 Å². The van der Waals surface area contributed by atoms with Crippen molar-refractivity contribution in [1.82, 2.24) is 4.98 Å². The molecule has 1 aliphatic rings. The van der Waals surface area contributed by atoms with E-state index in [0.717, 1.165) is 5.56 Å². The summed E-state index contributed by atoms with van der Waals surface area (Å²) >= 11 is 0. The van der Waals surface area contributed by atoms with E-state index in [1.165, 1.54) is 4.90 Å². The van der Waals surface area contributed by atoms with E-state index in [-0.39, 0.29) is 11.3 Å². The topological polar surface area (TPSA) is 79.7 Å². The molecule has 0 saturated carbocycles. The third-order valence-electron chi connectivity index (χ3n) is 5.62. The number of Topliss-reactive ketones (excluding diaryl/α,β-unsaturated/α-hetero) is 1. The Kier molecular flexibility index (Phi) is 5.77. The first-order valence-electron chi connectivity index (χ1n) is 10.4. The smallest absolute Gasteiger partial charge is 0.301 e. The predicted molar refractivity (Wildman–Crippen MR) is 123 cm³/mol. The van der Waals surface area contributed by atoms with Gasteiger partial charge >= 0.3 is 5.91 Å². The van der Waals surface area contributed by atoms with Gasteiger partial charge in [0.2, 0.25) is 0 Å². The molecule has 162 valence electrons. The van der Waals surface area contributed by atoms with E-state index in [9.17, 15) is 14.7 Å². The molecule has 6 heteroatoms. The zero-order valence-electron chi connectivity index (χ0n) is 18.1. The molecular formula is C26H24N2O4. The monoisotopic (exact) mass is 428 g/mol. The molecule has 0 spiro atoms. The minimum absolute atomic E-state index is 0.0307. The number of hydrogen-bond donors (Lipinski definition) is 1. The number of methoxy groups -OCH3 is 1. The van der Waals surface area contributed by atoms with Crippen LogP contribution in [0.5, 0.6) is 5.75 Å². The van der Waals surface area contributed by atoms with Crippen LogP contribution in [0.3, 0.4) is 0 Å². The first kappa shape index (κ1) is 21.3. The zero-order chi connectivity index (χ0) is 22.8. The summed E-state index contributed by atoms with van der Waals surface area (Å²) in [5.41, 5.74) is 2.31. The SMILES string of the molecule is COc1ccc(C(O)=C2C(=O)C(=O)N(c3ccccn3)[C@@H]2c2ccc(C(C)C)cc2)cc1. The highest BCUT2D eigenvalue weighted by Crippen LogP contribution is 2.41. The number of hydrogen-bond acceptors (Lipinski definition) is 5. The number of rotatable bonds is 5. The van der Waals surface area contributed by atoms with Gasteiger partial charge in [-0.2, -0.15) is 0 Å². The van der Waals surface area contributed by atoms with Crippen LogP contribution in [-0.4, -0.2) is 28.9 Å². The molecule has 0 unspecified atom stereocenters. The van der Waals surface area contributed by atoms with Crippen LogP contribution < -0.4 is 9.64 Å². The van der Waals surface area contributed by atoms with Crippen molar-refractivity contribution in [1.29, 1.82) is 0 Å². The molecule has 1 N–H and O–H groups in total. The Balaban J connectivity index is 1.89. The molecule has 1 fully saturated rings. The number of aliphatic hydroxyl groups excluding tert-OH is 1. The van der Waals surface area contributed by atoms with Crippen LogP contribution in [-0.2, 0) is 9.59 Å². The maximum absolute atomic E-state index is 13.1. The van der Waals surface area contributed by atoms with Crippen LogP contribution in [0, 0.1) is 0 Å². The average Bonchev–Trinajstić information content (AvgIpc) is 3.09. The molecule has 1 saturated heterocycles. The summed E-state index contributed by atoms with van der Waals surface area (Å²) in [6.45, 7) is 4.19. The zero-order valence-corrected chi connectivity index (χ0v) is 18.1. The fourth-order valence-electron chi connectivity index (χ4n) is 3.85. The lowest BCUT2D eigenvalue weighted by atomic mass is 9.93. The number of ether oxygens (including phenoxy) is 1. The number of benzene rings is 2. The molecule has 4 rings (SSSR count). The number of aliphatic hydroxyl groups is 1. The van der Waals surface area contributed by atoms with Crippen molar-refractivity contribution in [3.8, 4) is 5.75 Å². The number of ketones is 1. The quantitative estimate of drug-likeness (QED) is 0.357. The molecular weight excluding hydrogens is 404 g/mol. The Bertz CT molecular complexity index is 1170. The number of carbonyl (C=O) groups excluding carboxylic acids is 2. The average molecular weight is 428 g/mol. The molecule has 0 radical (unpaired) electrons. The van der Waals surface area contributed by atoms with Crippen LogP contribution in [0.2, 0.25) is 0 Å². The Morgan fingerprint density at radius 1 is 1.00 bits per heavy atom. The third-order valence-corrected chi connectivity index (χ3v) is 5.62. The van der Waals surface area contributed by atoms with E-state index in [1.54, 1.807) is 55.8 Å². The maximum atomic E-state index is 13.1. The van der Waals surface area contributed by atoms with Gasteiger partial charge in [-0.1, -0.05) is 44.2 Å². The first-order valence-corrected chi connectivity index (χ1v) is 10.4. The predicted octanol–water partition coefficient (Wildman–Crippen LogP) is 4.84. The lowest BCUT2D eigenvalue weighted by Crippen LogP contribution is -2.30. The molecule has 3 aromatic rings. The van der Waals surface area contributed by atoms with E-state index in [1.807, 2.05) is 24.3 Å². The van der Waals surface area contributed by atoms with Crippen LogP contribution in [0.15, 0.2) is 78.5 Å². The summed E-state index contributed by atoms with van der Waals surface area (Å²) in [7, 11) is 1.55. The molecule has 1 aliphatic heterocycles. The summed E-state index contributed by atoms with van der Waals surface area (Å²) in [6.07, 6.45) is 1.57. The van der Waals surface area contributed by atoms with Gasteiger partial charge in [0.25, 0.3) is 5.78 Å². The van der Waals surface area contributed by atoms with Crippen molar-refractivity contribution in [2.45, 2.75) is 25.8 Å². The van der Waals surface area contributed by atoms with Crippen molar-refractivity contribution < 1.29 is 19.4 Å². The minimum Gasteiger partial charge on any atom is -0.507 e. The fraction of sp³-hybridized carbons (Fsp3) is 0.192. The van der Waals surface area contributed by atoms with Gasteiger partial charge in [0.1, 0.15) is 17.3 Å². The van der Waals surface area contributed by atoms with E-state index < -0.39 is 17.7 Å². The molecule has 32 heavy (non-hydrogen) atoms. The molecule has 6 nitrogen and oxygen atoms in total. The first-order chi connectivity index (χ1) is 15.4. The van der Waals surface area contributed by atoms with Gasteiger partial charge < -0.3 is 9.84 Å². The summed E-state index contributed by atoms with van der Waals surface area (Å²) in [5.74, 6) is -0.399. The molecule has 0 aliphatic carbocycles. The Hall–Kier alpha value is -3.93. The van der Waals surface area contributed by atoms with Gasteiger partial charge in [-0.15, -0.1) is 0 Å². The van der Waals surface area contributed by atoms with Crippen LogP contribution in [0.4, 0.5) is 5.82 Å². The van der Waals surface area contributed by atoms with Crippen molar-refractivity contribution in [2.24, 2.45) is 0 Å². The normalized spacial score (nSPS) is 17.8. The lowest BCUT2D eigenvalue weighted by molar-refractivity contribution is -0.132. The number of anilines is 1. The van der Waals surface area contributed by atoms with Gasteiger partial charge in [0.05, 0.1) is 18.7 Å². The Morgan fingerprint density at radius 3 is 2.25 bits per heavy atom. The second-order valence-electron chi connectivity index (χ2n) is 7.91. The van der Waals surface area contributed by atoms with Crippen molar-refractivity contribution >= 4 is 23.3 Å². The lowest BCUT2D eigenvalue weighted by Gasteiger charge is -2.24. The standard InChI is InChI=1S/C26H24N2O4/c1-16(2)17-7-9-18(10-8-17)23-22(24(29)19-11-13-20(32-3)14-12-19)25(30)26(31)28(23)21-6-4-5-15-27-21/h4-16,23,29H,1-3H3/t23-/m1/s1. The van der Waals surface area contributed by atoms with Crippen LogP contribution >= 0.6 is 0 Å². The van der Waals surface area contributed by atoms with Crippen molar-refractivity contribution in [2.75, 3.05) is 12.0 Å².